The van der Waals surface area contributed by atoms with Crippen LogP contribution in [0.5, 0.6) is 0 Å². The van der Waals surface area contributed by atoms with E-state index in [1.54, 1.807) is 26.2 Å². The number of benzene rings is 1. The molecule has 2 aromatic heterocycles. The monoisotopic (exact) mass is 436 g/mol. The van der Waals surface area contributed by atoms with Gasteiger partial charge in [0.1, 0.15) is 5.69 Å². The molecule has 0 spiro atoms. The molecule has 9 heteroatoms. The molecule has 4 rings (SSSR count). The van der Waals surface area contributed by atoms with Gasteiger partial charge in [-0.2, -0.15) is 0 Å². The summed E-state index contributed by atoms with van der Waals surface area (Å²) in [4.78, 5) is 48.2. The van der Waals surface area contributed by atoms with Crippen molar-refractivity contribution in [1.29, 1.82) is 0 Å². The molecule has 0 atom stereocenters. The molecule has 0 radical (unpaired) electrons. The van der Waals surface area contributed by atoms with Gasteiger partial charge in [0.05, 0.1) is 22.8 Å². The van der Waals surface area contributed by atoms with Gasteiger partial charge >= 0.3 is 5.69 Å². The zero-order valence-corrected chi connectivity index (χ0v) is 18.6. The van der Waals surface area contributed by atoms with Crippen molar-refractivity contribution in [2.45, 2.75) is 26.9 Å². The van der Waals surface area contributed by atoms with E-state index in [1.807, 2.05) is 25.1 Å². The van der Waals surface area contributed by atoms with Crippen LogP contribution in [0.4, 0.5) is 5.69 Å². The fourth-order valence-electron chi connectivity index (χ4n) is 4.20. The molecule has 168 valence electrons. The van der Waals surface area contributed by atoms with Gasteiger partial charge in [-0.3, -0.25) is 19.1 Å². The number of aromatic amines is 1. The summed E-state index contributed by atoms with van der Waals surface area (Å²) in [6, 6.07) is 7.66. The van der Waals surface area contributed by atoms with Crippen LogP contribution < -0.4 is 21.5 Å². The van der Waals surface area contributed by atoms with Crippen molar-refractivity contribution in [3.8, 4) is 0 Å². The number of pyridine rings is 1. The maximum Gasteiger partial charge on any atom is 0.328 e. The van der Waals surface area contributed by atoms with E-state index in [2.05, 4.69) is 25.1 Å². The molecular weight excluding hydrogens is 408 g/mol. The van der Waals surface area contributed by atoms with E-state index in [-0.39, 0.29) is 17.2 Å². The van der Waals surface area contributed by atoms with Gasteiger partial charge in [0.15, 0.2) is 0 Å². The third-order valence-corrected chi connectivity index (χ3v) is 6.01. The van der Waals surface area contributed by atoms with E-state index in [4.69, 9.17) is 0 Å². The number of carbonyl (C=O) groups excluding carboxylic acids is 1. The predicted octanol–water partition coefficient (Wildman–Crippen LogP) is 1.09. The Hall–Kier alpha value is -3.46. The molecule has 32 heavy (non-hydrogen) atoms. The predicted molar refractivity (Wildman–Crippen MR) is 124 cm³/mol. The third kappa shape index (κ3) is 4.16. The summed E-state index contributed by atoms with van der Waals surface area (Å²) in [7, 11) is 1.60. The van der Waals surface area contributed by atoms with Gasteiger partial charge < -0.3 is 15.2 Å². The summed E-state index contributed by atoms with van der Waals surface area (Å²) in [6.45, 7) is 8.23. The molecule has 2 N–H and O–H groups in total. The number of carbonyl (C=O) groups is 1. The molecule has 0 bridgehead atoms. The van der Waals surface area contributed by atoms with Gasteiger partial charge in [-0.1, -0.05) is 6.07 Å². The Kier molecular flexibility index (Phi) is 6.09. The van der Waals surface area contributed by atoms with Crippen molar-refractivity contribution in [2.75, 3.05) is 38.1 Å². The Labute approximate surface area is 185 Å². The number of amides is 1. The van der Waals surface area contributed by atoms with Gasteiger partial charge in [0.25, 0.3) is 11.5 Å². The highest BCUT2D eigenvalue weighted by molar-refractivity contribution is 5.93. The second kappa shape index (κ2) is 8.96. The maximum absolute atomic E-state index is 12.5. The number of hydrogen-bond donors (Lipinski definition) is 2. The lowest BCUT2D eigenvalue weighted by Gasteiger charge is -2.36. The second-order valence-corrected chi connectivity index (χ2v) is 8.06. The number of aryl methyl sites for hydroxylation is 1. The molecule has 3 heterocycles. The molecule has 9 nitrogen and oxygen atoms in total. The summed E-state index contributed by atoms with van der Waals surface area (Å²) >= 11 is 0. The SMILES string of the molecule is CCn1c(=O)[nH]c2cc(CN3CCN(c4cnc(C(=O)NC)c(C)c4)CC3)ccc2c1=O. The number of fused-ring (bicyclic) bond motifs is 1. The highest BCUT2D eigenvalue weighted by Crippen LogP contribution is 2.20. The molecule has 1 aromatic carbocycles. The largest absolute Gasteiger partial charge is 0.368 e. The standard InChI is InChI=1S/C23H28N6O3/c1-4-29-22(31)18-6-5-16(12-19(18)26-23(29)32)14-27-7-9-28(10-8-27)17-11-15(2)20(25-13-17)21(30)24-3/h5-6,11-13H,4,7-10,14H2,1-3H3,(H,24,30)(H,26,32). The van der Waals surface area contributed by atoms with Crippen LogP contribution in [0.2, 0.25) is 0 Å². The van der Waals surface area contributed by atoms with Crippen LogP contribution in [0.15, 0.2) is 40.1 Å². The van der Waals surface area contributed by atoms with E-state index >= 15 is 0 Å². The van der Waals surface area contributed by atoms with Gasteiger partial charge in [0.2, 0.25) is 0 Å². The lowest BCUT2D eigenvalue weighted by Crippen LogP contribution is -2.46. The van der Waals surface area contributed by atoms with Crippen LogP contribution in [0.3, 0.4) is 0 Å². The van der Waals surface area contributed by atoms with E-state index in [9.17, 15) is 14.4 Å². The summed E-state index contributed by atoms with van der Waals surface area (Å²) < 4.78 is 1.21. The first-order chi connectivity index (χ1) is 15.4. The zero-order chi connectivity index (χ0) is 22.8. The first-order valence-electron chi connectivity index (χ1n) is 10.8. The molecule has 1 fully saturated rings. The van der Waals surface area contributed by atoms with Crippen LogP contribution in [-0.2, 0) is 13.1 Å². The number of piperazine rings is 1. The Bertz CT molecular complexity index is 1270. The molecule has 1 saturated heterocycles. The van der Waals surface area contributed by atoms with Crippen molar-refractivity contribution >= 4 is 22.5 Å². The third-order valence-electron chi connectivity index (χ3n) is 6.01. The molecule has 0 unspecified atom stereocenters. The maximum atomic E-state index is 12.5. The number of hydrogen-bond acceptors (Lipinski definition) is 6. The van der Waals surface area contributed by atoms with Crippen molar-refractivity contribution < 1.29 is 4.79 Å². The fraction of sp³-hybridized carbons (Fsp3) is 0.391. The fourth-order valence-corrected chi connectivity index (χ4v) is 4.20. The average Bonchev–Trinajstić information content (AvgIpc) is 2.79. The van der Waals surface area contributed by atoms with Crippen molar-refractivity contribution in [3.63, 3.8) is 0 Å². The van der Waals surface area contributed by atoms with Crippen molar-refractivity contribution in [1.82, 2.24) is 24.8 Å². The van der Waals surface area contributed by atoms with Gasteiger partial charge in [-0.15, -0.1) is 0 Å². The Morgan fingerprint density at radius 3 is 2.56 bits per heavy atom. The summed E-state index contributed by atoms with van der Waals surface area (Å²) in [5, 5.41) is 3.14. The van der Waals surface area contributed by atoms with E-state index < -0.39 is 0 Å². The number of aromatic nitrogens is 3. The first-order valence-corrected chi connectivity index (χ1v) is 10.8. The van der Waals surface area contributed by atoms with E-state index in [0.29, 0.717) is 23.1 Å². The number of rotatable bonds is 5. The second-order valence-electron chi connectivity index (χ2n) is 8.06. The summed E-state index contributed by atoms with van der Waals surface area (Å²) in [5.41, 5.74) is 3.35. The topological polar surface area (TPSA) is 103 Å². The molecule has 3 aromatic rings. The Morgan fingerprint density at radius 2 is 1.91 bits per heavy atom. The van der Waals surface area contributed by atoms with Gasteiger partial charge in [0, 0.05) is 46.3 Å². The molecule has 0 saturated carbocycles. The average molecular weight is 437 g/mol. The number of anilines is 1. The van der Waals surface area contributed by atoms with Crippen LogP contribution in [-0.4, -0.2) is 58.6 Å². The molecule has 1 amide bonds. The smallest absolute Gasteiger partial charge is 0.328 e. The van der Waals surface area contributed by atoms with Crippen LogP contribution in [0.1, 0.15) is 28.5 Å². The van der Waals surface area contributed by atoms with E-state index in [1.165, 1.54) is 4.57 Å². The Morgan fingerprint density at radius 1 is 1.16 bits per heavy atom. The highest BCUT2D eigenvalue weighted by Gasteiger charge is 2.19. The molecule has 1 aliphatic rings. The minimum atomic E-state index is -0.373. The first kappa shape index (κ1) is 21.8. The number of nitrogens with one attached hydrogen (secondary N) is 2. The van der Waals surface area contributed by atoms with Gasteiger partial charge in [-0.25, -0.2) is 9.78 Å². The molecule has 0 aliphatic carbocycles. The minimum Gasteiger partial charge on any atom is -0.368 e. The van der Waals surface area contributed by atoms with Crippen LogP contribution >= 0.6 is 0 Å². The lowest BCUT2D eigenvalue weighted by molar-refractivity contribution is 0.0957. The minimum absolute atomic E-state index is 0.177. The van der Waals surface area contributed by atoms with Gasteiger partial charge in [-0.05, 0) is 43.2 Å². The van der Waals surface area contributed by atoms with E-state index in [0.717, 1.165) is 49.5 Å². The van der Waals surface area contributed by atoms with Crippen LogP contribution in [0.25, 0.3) is 10.9 Å². The number of H-pyrrole nitrogens is 1. The normalized spacial score (nSPS) is 14.7. The number of nitrogens with zero attached hydrogens (tertiary/aromatic N) is 4. The van der Waals surface area contributed by atoms with Crippen LogP contribution in [0, 0.1) is 6.92 Å². The molecular formula is C23H28N6O3. The van der Waals surface area contributed by atoms with Crippen molar-refractivity contribution in [3.05, 3.63) is 68.1 Å². The summed E-state index contributed by atoms with van der Waals surface area (Å²) in [5.74, 6) is -0.177. The Balaban J connectivity index is 1.43. The van der Waals surface area contributed by atoms with Crippen molar-refractivity contribution in [2.24, 2.45) is 0 Å². The summed E-state index contributed by atoms with van der Waals surface area (Å²) in [6.07, 6.45) is 1.76. The lowest BCUT2D eigenvalue weighted by atomic mass is 10.1. The zero-order valence-electron chi connectivity index (χ0n) is 18.6. The molecule has 1 aliphatic heterocycles. The quantitative estimate of drug-likeness (QED) is 0.621. The highest BCUT2D eigenvalue weighted by atomic mass is 16.2.